The molecule has 1 saturated heterocycles. The van der Waals surface area contributed by atoms with Crippen LogP contribution in [0.25, 0.3) is 16.6 Å². The van der Waals surface area contributed by atoms with Crippen LogP contribution in [0.1, 0.15) is 29.3 Å². The minimum Gasteiger partial charge on any atom is -0.334 e. The van der Waals surface area contributed by atoms with Gasteiger partial charge in [0, 0.05) is 16.4 Å². The standard InChI is InChI=1S/C25H22ClN3O2S2/c1-16-6-2-3-7-20(16)29-24(31)18-11-10-17(26)14-19(18)27-25(29)33-15-23(30)28-12-4-8-21(28)22-9-5-13-32-22/h2-3,5-7,9-11,13-14,21H,4,8,12,15H2,1H3. The molecule has 0 spiro atoms. The summed E-state index contributed by atoms with van der Waals surface area (Å²) in [7, 11) is 0. The van der Waals surface area contributed by atoms with Gasteiger partial charge in [-0.1, -0.05) is 47.6 Å². The Hall–Kier alpha value is -2.61. The molecule has 1 unspecified atom stereocenters. The predicted octanol–water partition coefficient (Wildman–Crippen LogP) is 5.86. The third-order valence-electron chi connectivity index (χ3n) is 5.93. The lowest BCUT2D eigenvalue weighted by Gasteiger charge is -2.24. The van der Waals surface area contributed by atoms with Crippen molar-refractivity contribution in [3.8, 4) is 5.69 Å². The molecule has 2 aromatic carbocycles. The highest BCUT2D eigenvalue weighted by molar-refractivity contribution is 7.99. The average molecular weight is 496 g/mol. The number of thiophene rings is 1. The van der Waals surface area contributed by atoms with Crippen LogP contribution in [-0.2, 0) is 4.79 Å². The second-order valence-electron chi connectivity index (χ2n) is 8.03. The molecule has 33 heavy (non-hydrogen) atoms. The SMILES string of the molecule is Cc1ccccc1-n1c(SCC(=O)N2CCCC2c2cccs2)nc2cc(Cl)ccc2c1=O. The Kier molecular flexibility index (Phi) is 6.27. The molecule has 0 radical (unpaired) electrons. The zero-order valence-corrected chi connectivity index (χ0v) is 20.4. The fourth-order valence-electron chi connectivity index (χ4n) is 4.31. The topological polar surface area (TPSA) is 55.2 Å². The molecular formula is C25H22ClN3O2S2. The van der Waals surface area contributed by atoms with Crippen molar-refractivity contribution in [2.24, 2.45) is 0 Å². The van der Waals surface area contributed by atoms with E-state index in [4.69, 9.17) is 16.6 Å². The molecule has 3 heterocycles. The molecule has 1 aliphatic heterocycles. The van der Waals surface area contributed by atoms with Crippen LogP contribution in [0.3, 0.4) is 0 Å². The van der Waals surface area contributed by atoms with E-state index in [1.54, 1.807) is 34.1 Å². The molecule has 1 aliphatic rings. The summed E-state index contributed by atoms with van der Waals surface area (Å²) in [6.45, 7) is 2.72. The van der Waals surface area contributed by atoms with Crippen molar-refractivity contribution in [3.63, 3.8) is 0 Å². The van der Waals surface area contributed by atoms with Gasteiger partial charge >= 0.3 is 0 Å². The number of likely N-dealkylation sites (tertiary alicyclic amines) is 1. The number of amides is 1. The number of benzene rings is 2. The van der Waals surface area contributed by atoms with Gasteiger partial charge in [-0.3, -0.25) is 14.2 Å². The lowest BCUT2D eigenvalue weighted by atomic mass is 10.2. The summed E-state index contributed by atoms with van der Waals surface area (Å²) < 4.78 is 1.62. The van der Waals surface area contributed by atoms with E-state index in [0.717, 1.165) is 30.6 Å². The Balaban J connectivity index is 1.51. The summed E-state index contributed by atoms with van der Waals surface area (Å²) in [4.78, 5) is 34.7. The summed E-state index contributed by atoms with van der Waals surface area (Å²) in [6, 6.07) is 17.1. The first kappa shape index (κ1) is 22.2. The van der Waals surface area contributed by atoms with Crippen LogP contribution in [0.15, 0.2) is 69.9 Å². The number of aryl methyl sites for hydroxylation is 1. The summed E-state index contributed by atoms with van der Waals surface area (Å²) in [5.74, 6) is 0.277. The number of hydrogen-bond acceptors (Lipinski definition) is 5. The molecule has 5 nitrogen and oxygen atoms in total. The molecule has 4 aromatic rings. The monoisotopic (exact) mass is 495 g/mol. The molecule has 0 N–H and O–H groups in total. The van der Waals surface area contributed by atoms with Gasteiger partial charge in [0.15, 0.2) is 5.16 Å². The summed E-state index contributed by atoms with van der Waals surface area (Å²) >= 11 is 9.16. The fourth-order valence-corrected chi connectivity index (χ4v) is 6.24. The van der Waals surface area contributed by atoms with E-state index in [0.29, 0.717) is 21.1 Å². The highest BCUT2D eigenvalue weighted by Crippen LogP contribution is 2.35. The van der Waals surface area contributed by atoms with Crippen molar-refractivity contribution in [1.82, 2.24) is 14.5 Å². The number of para-hydroxylation sites is 1. The van der Waals surface area contributed by atoms with Gasteiger partial charge in [-0.2, -0.15) is 0 Å². The van der Waals surface area contributed by atoms with E-state index in [1.165, 1.54) is 16.6 Å². The summed E-state index contributed by atoms with van der Waals surface area (Å²) in [6.07, 6.45) is 1.98. The lowest BCUT2D eigenvalue weighted by molar-refractivity contribution is -0.129. The zero-order chi connectivity index (χ0) is 22.9. The highest BCUT2D eigenvalue weighted by atomic mass is 35.5. The van der Waals surface area contributed by atoms with Gasteiger partial charge in [0.25, 0.3) is 5.56 Å². The van der Waals surface area contributed by atoms with Gasteiger partial charge in [0.1, 0.15) is 0 Å². The van der Waals surface area contributed by atoms with Crippen LogP contribution in [0.4, 0.5) is 0 Å². The molecule has 0 saturated carbocycles. The van der Waals surface area contributed by atoms with Gasteiger partial charge in [-0.15, -0.1) is 11.3 Å². The number of aromatic nitrogens is 2. The van der Waals surface area contributed by atoms with Crippen molar-refractivity contribution < 1.29 is 4.79 Å². The molecular weight excluding hydrogens is 474 g/mol. The van der Waals surface area contributed by atoms with Crippen LogP contribution in [0.2, 0.25) is 5.02 Å². The summed E-state index contributed by atoms with van der Waals surface area (Å²) in [5, 5.41) is 3.56. The maximum absolute atomic E-state index is 13.5. The Bertz CT molecular complexity index is 1380. The van der Waals surface area contributed by atoms with Crippen LogP contribution in [0, 0.1) is 6.92 Å². The minimum absolute atomic E-state index is 0.0627. The molecule has 8 heteroatoms. The second-order valence-corrected chi connectivity index (χ2v) is 10.4. The second kappa shape index (κ2) is 9.33. The fraction of sp³-hybridized carbons (Fsp3) is 0.240. The molecule has 0 bridgehead atoms. The Morgan fingerprint density at radius 2 is 2.06 bits per heavy atom. The van der Waals surface area contributed by atoms with E-state index < -0.39 is 0 Å². The zero-order valence-electron chi connectivity index (χ0n) is 18.0. The van der Waals surface area contributed by atoms with E-state index >= 15 is 0 Å². The van der Waals surface area contributed by atoms with Crippen molar-refractivity contribution in [3.05, 3.63) is 85.8 Å². The molecule has 0 aliphatic carbocycles. The molecule has 168 valence electrons. The highest BCUT2D eigenvalue weighted by Gasteiger charge is 2.30. The third kappa shape index (κ3) is 4.33. The van der Waals surface area contributed by atoms with Crippen molar-refractivity contribution in [2.75, 3.05) is 12.3 Å². The predicted molar refractivity (Wildman–Crippen MR) is 136 cm³/mol. The number of hydrogen-bond donors (Lipinski definition) is 0. The van der Waals surface area contributed by atoms with E-state index in [1.807, 2.05) is 42.2 Å². The van der Waals surface area contributed by atoms with E-state index in [2.05, 4.69) is 11.4 Å². The Morgan fingerprint density at radius 1 is 1.21 bits per heavy atom. The molecule has 1 amide bonds. The van der Waals surface area contributed by atoms with Crippen LogP contribution >= 0.6 is 34.7 Å². The van der Waals surface area contributed by atoms with Crippen molar-refractivity contribution in [1.29, 1.82) is 0 Å². The van der Waals surface area contributed by atoms with Gasteiger partial charge < -0.3 is 4.90 Å². The number of thioether (sulfide) groups is 1. The lowest BCUT2D eigenvalue weighted by Crippen LogP contribution is -2.32. The maximum atomic E-state index is 13.5. The summed E-state index contributed by atoms with van der Waals surface area (Å²) in [5.41, 5.74) is 2.09. The quantitative estimate of drug-likeness (QED) is 0.257. The van der Waals surface area contributed by atoms with Crippen molar-refractivity contribution in [2.45, 2.75) is 31.0 Å². The van der Waals surface area contributed by atoms with Crippen LogP contribution in [-0.4, -0.2) is 32.7 Å². The molecule has 2 aromatic heterocycles. The number of carbonyl (C=O) groups is 1. The number of carbonyl (C=O) groups excluding carboxylic acids is 1. The van der Waals surface area contributed by atoms with Crippen molar-refractivity contribution >= 4 is 51.5 Å². The van der Waals surface area contributed by atoms with Gasteiger partial charge in [0.2, 0.25) is 5.91 Å². The number of rotatable bonds is 5. The average Bonchev–Trinajstić information content (AvgIpc) is 3.50. The van der Waals surface area contributed by atoms with Crippen LogP contribution < -0.4 is 5.56 Å². The Labute approximate surface area is 205 Å². The van der Waals surface area contributed by atoms with E-state index in [9.17, 15) is 9.59 Å². The number of halogens is 1. The number of nitrogens with zero attached hydrogens (tertiary/aromatic N) is 3. The molecule has 1 atom stereocenters. The first-order valence-electron chi connectivity index (χ1n) is 10.8. The first-order chi connectivity index (χ1) is 16.0. The Morgan fingerprint density at radius 3 is 2.85 bits per heavy atom. The molecule has 1 fully saturated rings. The van der Waals surface area contributed by atoms with E-state index in [-0.39, 0.29) is 23.3 Å². The van der Waals surface area contributed by atoms with Crippen LogP contribution in [0.5, 0.6) is 0 Å². The normalized spacial score (nSPS) is 15.9. The minimum atomic E-state index is -0.168. The number of fused-ring (bicyclic) bond motifs is 1. The third-order valence-corrected chi connectivity index (χ3v) is 8.06. The van der Waals surface area contributed by atoms with Gasteiger partial charge in [-0.25, -0.2) is 4.98 Å². The largest absolute Gasteiger partial charge is 0.334 e. The van der Waals surface area contributed by atoms with Gasteiger partial charge in [0.05, 0.1) is 28.4 Å². The maximum Gasteiger partial charge on any atom is 0.266 e. The first-order valence-corrected chi connectivity index (χ1v) is 13.0. The van der Waals surface area contributed by atoms with Gasteiger partial charge in [-0.05, 0) is 61.0 Å². The molecule has 5 rings (SSSR count). The smallest absolute Gasteiger partial charge is 0.266 e.